The Morgan fingerprint density at radius 3 is 3.22 bits per heavy atom. The van der Waals surface area contributed by atoms with E-state index in [0.717, 1.165) is 25.3 Å². The molecule has 0 radical (unpaired) electrons. The number of thiazole rings is 1. The van der Waals surface area contributed by atoms with Crippen LogP contribution in [0.25, 0.3) is 0 Å². The van der Waals surface area contributed by atoms with Crippen LogP contribution in [0.3, 0.4) is 0 Å². The minimum atomic E-state index is -0.316. The lowest BCUT2D eigenvalue weighted by Crippen LogP contribution is -2.29. The zero-order valence-electron chi connectivity index (χ0n) is 10.8. The molecule has 1 atom stereocenters. The summed E-state index contributed by atoms with van der Waals surface area (Å²) in [5.74, 6) is -0.316. The third kappa shape index (κ3) is 3.28. The predicted molar refractivity (Wildman–Crippen MR) is 70.8 cm³/mol. The molecule has 100 valence electrons. The molecule has 18 heavy (non-hydrogen) atoms. The van der Waals surface area contributed by atoms with Crippen molar-refractivity contribution < 1.29 is 9.53 Å². The molecule has 0 amide bonds. The van der Waals surface area contributed by atoms with Gasteiger partial charge in [0.2, 0.25) is 5.01 Å². The summed E-state index contributed by atoms with van der Waals surface area (Å²) in [6.45, 7) is 5.13. The maximum atomic E-state index is 11.5. The fourth-order valence-electron chi connectivity index (χ4n) is 2.11. The van der Waals surface area contributed by atoms with Crippen LogP contribution in [0.2, 0.25) is 0 Å². The average molecular weight is 269 g/mol. The number of rotatable bonds is 5. The molecule has 1 N–H and O–H groups in total. The minimum absolute atomic E-state index is 0.316. The molecule has 6 heteroatoms. The quantitative estimate of drug-likeness (QED) is 0.812. The fraction of sp³-hybridized carbons (Fsp3) is 0.667. The van der Waals surface area contributed by atoms with Crippen molar-refractivity contribution in [3.05, 3.63) is 16.1 Å². The zero-order valence-corrected chi connectivity index (χ0v) is 11.6. The van der Waals surface area contributed by atoms with Crippen LogP contribution in [0.1, 0.15) is 28.8 Å². The Morgan fingerprint density at radius 2 is 2.56 bits per heavy atom. The number of esters is 1. The molecule has 1 aromatic heterocycles. The fourth-order valence-corrected chi connectivity index (χ4v) is 2.81. The van der Waals surface area contributed by atoms with E-state index < -0.39 is 0 Å². The van der Waals surface area contributed by atoms with Gasteiger partial charge in [-0.15, -0.1) is 11.3 Å². The van der Waals surface area contributed by atoms with E-state index in [9.17, 15) is 4.79 Å². The highest BCUT2D eigenvalue weighted by Gasteiger charge is 2.22. The number of carbonyl (C=O) groups excluding carboxylic acids is 1. The number of ether oxygens (including phenoxy) is 1. The largest absolute Gasteiger partial charge is 0.461 e. The summed E-state index contributed by atoms with van der Waals surface area (Å²) in [7, 11) is 2.00. The van der Waals surface area contributed by atoms with Gasteiger partial charge in [0, 0.05) is 31.1 Å². The Kier molecular flexibility index (Phi) is 4.68. The Morgan fingerprint density at radius 1 is 1.72 bits per heavy atom. The number of likely N-dealkylation sites (tertiary alicyclic amines) is 1. The number of hydrogen-bond acceptors (Lipinski definition) is 6. The summed E-state index contributed by atoms with van der Waals surface area (Å²) in [5, 5.41) is 5.68. The van der Waals surface area contributed by atoms with Gasteiger partial charge in [-0.1, -0.05) is 0 Å². The van der Waals surface area contributed by atoms with Crippen molar-refractivity contribution in [2.75, 3.05) is 26.7 Å². The minimum Gasteiger partial charge on any atom is -0.461 e. The highest BCUT2D eigenvalue weighted by Crippen LogP contribution is 2.16. The first kappa shape index (κ1) is 13.5. The topological polar surface area (TPSA) is 54.5 Å². The van der Waals surface area contributed by atoms with Crippen molar-refractivity contribution >= 4 is 17.3 Å². The Hall–Kier alpha value is -0.980. The van der Waals surface area contributed by atoms with Gasteiger partial charge in [0.1, 0.15) is 0 Å². The number of aromatic nitrogens is 1. The second kappa shape index (κ2) is 6.26. The number of carbonyl (C=O) groups is 1. The molecule has 1 unspecified atom stereocenters. The predicted octanol–water partition coefficient (Wildman–Crippen LogP) is 1.11. The molecule has 5 nitrogen and oxygen atoms in total. The van der Waals surface area contributed by atoms with Crippen LogP contribution in [0.15, 0.2) is 5.38 Å². The number of nitrogens with one attached hydrogen (secondary N) is 1. The summed E-state index contributed by atoms with van der Waals surface area (Å²) in [5.41, 5.74) is 0.958. The lowest BCUT2D eigenvalue weighted by molar-refractivity contribution is 0.0525. The molecule has 0 bridgehead atoms. The number of likely N-dealkylation sites (N-methyl/N-ethyl adjacent to an activating group) is 1. The maximum Gasteiger partial charge on any atom is 0.367 e. The first-order valence-corrected chi connectivity index (χ1v) is 7.12. The van der Waals surface area contributed by atoms with Gasteiger partial charge in [0.25, 0.3) is 0 Å². The lowest BCUT2D eigenvalue weighted by atomic mass is 10.3. The van der Waals surface area contributed by atoms with Crippen molar-refractivity contribution in [1.29, 1.82) is 0 Å². The van der Waals surface area contributed by atoms with Gasteiger partial charge in [-0.2, -0.15) is 0 Å². The Balaban J connectivity index is 1.89. The van der Waals surface area contributed by atoms with Crippen LogP contribution in [-0.4, -0.2) is 48.6 Å². The zero-order chi connectivity index (χ0) is 13.0. The van der Waals surface area contributed by atoms with E-state index in [1.807, 2.05) is 12.4 Å². The van der Waals surface area contributed by atoms with Gasteiger partial charge in [-0.3, -0.25) is 4.90 Å². The van der Waals surface area contributed by atoms with Crippen LogP contribution < -0.4 is 5.32 Å². The van der Waals surface area contributed by atoms with Gasteiger partial charge in [-0.25, -0.2) is 9.78 Å². The van der Waals surface area contributed by atoms with Crippen LogP contribution in [-0.2, 0) is 11.3 Å². The van der Waals surface area contributed by atoms with Crippen LogP contribution in [0, 0.1) is 0 Å². The van der Waals surface area contributed by atoms with Gasteiger partial charge in [-0.05, 0) is 20.4 Å². The molecule has 0 aliphatic carbocycles. The third-order valence-electron chi connectivity index (χ3n) is 3.07. The van der Waals surface area contributed by atoms with Crippen molar-refractivity contribution in [3.63, 3.8) is 0 Å². The van der Waals surface area contributed by atoms with E-state index in [4.69, 9.17) is 4.74 Å². The monoisotopic (exact) mass is 269 g/mol. The number of nitrogens with zero attached hydrogens (tertiary/aromatic N) is 2. The van der Waals surface area contributed by atoms with E-state index in [0.29, 0.717) is 17.7 Å². The SMILES string of the molecule is CCOC(=O)c1nc(CN2CCC(NC)C2)cs1. The molecule has 2 heterocycles. The van der Waals surface area contributed by atoms with Crippen molar-refractivity contribution in [3.8, 4) is 0 Å². The Labute approximate surface area is 111 Å². The molecule has 0 aromatic carbocycles. The summed E-state index contributed by atoms with van der Waals surface area (Å²) >= 11 is 1.36. The molecule has 1 aliphatic rings. The maximum absolute atomic E-state index is 11.5. The van der Waals surface area contributed by atoms with Crippen molar-refractivity contribution in [1.82, 2.24) is 15.2 Å². The first-order valence-electron chi connectivity index (χ1n) is 6.24. The van der Waals surface area contributed by atoms with E-state index in [2.05, 4.69) is 15.2 Å². The first-order chi connectivity index (χ1) is 8.72. The summed E-state index contributed by atoms with van der Waals surface area (Å²) in [6, 6.07) is 0.577. The van der Waals surface area contributed by atoms with Gasteiger partial charge in [0.15, 0.2) is 0 Å². The second-order valence-corrected chi connectivity index (χ2v) is 5.23. The molecular weight excluding hydrogens is 250 g/mol. The van der Waals surface area contributed by atoms with Crippen molar-refractivity contribution in [2.45, 2.75) is 25.9 Å². The van der Waals surface area contributed by atoms with E-state index in [-0.39, 0.29) is 5.97 Å². The second-order valence-electron chi connectivity index (χ2n) is 4.37. The highest BCUT2D eigenvalue weighted by atomic mass is 32.1. The third-order valence-corrected chi connectivity index (χ3v) is 3.94. The smallest absolute Gasteiger partial charge is 0.367 e. The van der Waals surface area contributed by atoms with E-state index >= 15 is 0 Å². The lowest BCUT2D eigenvalue weighted by Gasteiger charge is -2.13. The Bertz CT molecular complexity index is 408. The van der Waals surface area contributed by atoms with Gasteiger partial charge in [0.05, 0.1) is 12.3 Å². The number of hydrogen-bond donors (Lipinski definition) is 1. The molecule has 1 saturated heterocycles. The van der Waals surface area contributed by atoms with E-state index in [1.54, 1.807) is 6.92 Å². The normalized spacial score (nSPS) is 20.2. The summed E-state index contributed by atoms with van der Waals surface area (Å²) in [6.07, 6.45) is 1.17. The molecule has 2 rings (SSSR count). The van der Waals surface area contributed by atoms with Crippen LogP contribution >= 0.6 is 11.3 Å². The van der Waals surface area contributed by atoms with Gasteiger partial charge >= 0.3 is 5.97 Å². The highest BCUT2D eigenvalue weighted by molar-refractivity contribution is 7.11. The molecular formula is C12H19N3O2S. The van der Waals surface area contributed by atoms with Crippen LogP contribution in [0.5, 0.6) is 0 Å². The molecule has 1 aromatic rings. The molecule has 1 fully saturated rings. The molecule has 1 aliphatic heterocycles. The summed E-state index contributed by atoms with van der Waals surface area (Å²) < 4.78 is 4.93. The van der Waals surface area contributed by atoms with Gasteiger partial charge < -0.3 is 10.1 Å². The van der Waals surface area contributed by atoms with E-state index in [1.165, 1.54) is 17.8 Å². The standard InChI is InChI=1S/C12H19N3O2S/c1-3-17-12(16)11-14-10(8-18-11)7-15-5-4-9(6-15)13-2/h8-9,13H,3-7H2,1-2H3. The van der Waals surface area contributed by atoms with Crippen LogP contribution in [0.4, 0.5) is 0 Å². The van der Waals surface area contributed by atoms with Crippen molar-refractivity contribution in [2.24, 2.45) is 0 Å². The summed E-state index contributed by atoms with van der Waals surface area (Å²) in [4.78, 5) is 18.2. The molecule has 0 spiro atoms. The molecule has 0 saturated carbocycles. The average Bonchev–Trinajstić information content (AvgIpc) is 2.99.